The minimum Gasteiger partial charge on any atom is -0.372 e. The number of hydrogen-bond acceptors (Lipinski definition) is 8. The number of nitro groups is 2. The van der Waals surface area contributed by atoms with Crippen molar-refractivity contribution in [3.05, 3.63) is 60.6 Å². The average molecular weight is 495 g/mol. The Morgan fingerprint density at radius 3 is 2.13 bits per heavy atom. The van der Waals surface area contributed by atoms with Crippen molar-refractivity contribution in [3.8, 4) is 0 Å². The first-order valence-electron chi connectivity index (χ1n) is 9.17. The average Bonchev–Trinajstić information content (AvgIpc) is 2.68. The highest BCUT2D eigenvalue weighted by Gasteiger charge is 2.23. The number of halogens is 1. The van der Waals surface area contributed by atoms with Crippen LogP contribution in [0.1, 0.15) is 26.3 Å². The largest absolute Gasteiger partial charge is 0.372 e. The first-order chi connectivity index (χ1) is 14.5. The van der Waals surface area contributed by atoms with Crippen LogP contribution in [0.3, 0.4) is 0 Å². The number of nitro benzene ring substituents is 2. The maximum Gasteiger partial charge on any atom is 0.304 e. The highest BCUT2D eigenvalue weighted by atomic mass is 79.9. The van der Waals surface area contributed by atoms with Crippen LogP contribution in [0.15, 0.2) is 45.0 Å². The highest BCUT2D eigenvalue weighted by molar-refractivity contribution is 9.10. The Kier molecular flexibility index (Phi) is 9.67. The Labute approximate surface area is 187 Å². The summed E-state index contributed by atoms with van der Waals surface area (Å²) in [5, 5.41) is 30.3. The van der Waals surface area contributed by atoms with Crippen molar-refractivity contribution >= 4 is 50.3 Å². The van der Waals surface area contributed by atoms with Gasteiger partial charge in [-0.1, -0.05) is 0 Å². The van der Waals surface area contributed by atoms with E-state index in [9.17, 15) is 25.0 Å². The van der Waals surface area contributed by atoms with Crippen LogP contribution in [0.2, 0.25) is 0 Å². The molecule has 0 aliphatic heterocycles. The number of aryl methyl sites for hydroxylation is 1. The summed E-state index contributed by atoms with van der Waals surface area (Å²) in [5.41, 5.74) is 6.00. The quantitative estimate of drug-likeness (QED) is 0.311. The monoisotopic (exact) mass is 494 g/mol. The standard InChI is InChI=1S/C17H18BrN5O4.C2H5NO/c1-4-21(5-2)12-6-7-15(11(3)8-12)19-20-17-14(18)9-13(22(24)25)10-16(17)23(26)27;1-2(3)4/h6-10H,4-5H2,1-3H3;1H3,(H2,3,4). The summed E-state index contributed by atoms with van der Waals surface area (Å²) in [6.07, 6.45) is 0. The fourth-order valence-corrected chi connectivity index (χ4v) is 3.07. The van der Waals surface area contributed by atoms with Gasteiger partial charge in [0.05, 0.1) is 26.1 Å². The highest BCUT2D eigenvalue weighted by Crippen LogP contribution is 2.40. The second kappa shape index (κ2) is 11.7. The molecule has 0 saturated carbocycles. The molecule has 0 aliphatic rings. The number of non-ortho nitro benzene ring substituents is 1. The van der Waals surface area contributed by atoms with Crippen LogP contribution in [-0.4, -0.2) is 28.8 Å². The molecule has 0 radical (unpaired) electrons. The van der Waals surface area contributed by atoms with Crippen molar-refractivity contribution in [2.75, 3.05) is 18.0 Å². The molecule has 2 aromatic carbocycles. The third kappa shape index (κ3) is 7.41. The van der Waals surface area contributed by atoms with Crippen LogP contribution in [0.5, 0.6) is 0 Å². The van der Waals surface area contributed by atoms with Gasteiger partial charge >= 0.3 is 5.69 Å². The summed E-state index contributed by atoms with van der Waals surface area (Å²) in [7, 11) is 0. The Balaban J connectivity index is 0.00000110. The predicted molar refractivity (Wildman–Crippen MR) is 121 cm³/mol. The van der Waals surface area contributed by atoms with Crippen LogP contribution in [0.25, 0.3) is 0 Å². The lowest BCUT2D eigenvalue weighted by atomic mass is 10.1. The lowest BCUT2D eigenvalue weighted by molar-refractivity contribution is -0.393. The number of carbonyl (C=O) groups excluding carboxylic acids is 1. The number of primary amides is 1. The topological polar surface area (TPSA) is 157 Å². The SMILES string of the molecule is CC(N)=O.CCN(CC)c1ccc(N=Nc2c(Br)cc([N+](=O)[O-])cc2[N+](=O)[O-])c(C)c1. The molecule has 0 unspecified atom stereocenters. The van der Waals surface area contributed by atoms with Crippen molar-refractivity contribution in [1.29, 1.82) is 0 Å². The molecule has 12 heteroatoms. The van der Waals surface area contributed by atoms with E-state index in [1.165, 1.54) is 6.92 Å². The summed E-state index contributed by atoms with van der Waals surface area (Å²) in [6.45, 7) is 9.06. The lowest BCUT2D eigenvalue weighted by Crippen LogP contribution is -2.21. The maximum absolute atomic E-state index is 11.3. The molecule has 0 spiro atoms. The third-order valence-corrected chi connectivity index (χ3v) is 4.61. The van der Waals surface area contributed by atoms with E-state index >= 15 is 0 Å². The van der Waals surface area contributed by atoms with E-state index in [-0.39, 0.29) is 16.1 Å². The molecule has 0 aromatic heterocycles. The molecule has 2 N–H and O–H groups in total. The van der Waals surface area contributed by atoms with Gasteiger partial charge in [0.25, 0.3) is 5.69 Å². The minimum absolute atomic E-state index is 0.0715. The van der Waals surface area contributed by atoms with E-state index < -0.39 is 21.2 Å². The molecule has 0 bridgehead atoms. The van der Waals surface area contributed by atoms with Crippen molar-refractivity contribution in [2.45, 2.75) is 27.7 Å². The summed E-state index contributed by atoms with van der Waals surface area (Å²) in [5.74, 6) is -0.333. The van der Waals surface area contributed by atoms with E-state index in [0.29, 0.717) is 5.69 Å². The van der Waals surface area contributed by atoms with Crippen LogP contribution >= 0.6 is 15.9 Å². The summed E-state index contributed by atoms with van der Waals surface area (Å²) in [4.78, 5) is 32.2. The van der Waals surface area contributed by atoms with Crippen molar-refractivity contribution in [2.24, 2.45) is 16.0 Å². The van der Waals surface area contributed by atoms with Gasteiger partial charge < -0.3 is 10.6 Å². The number of benzene rings is 2. The number of nitrogens with two attached hydrogens (primary N) is 1. The van der Waals surface area contributed by atoms with E-state index in [2.05, 4.69) is 50.6 Å². The number of hydrogen-bond donors (Lipinski definition) is 1. The Hall–Kier alpha value is -3.41. The normalized spacial score (nSPS) is 10.4. The van der Waals surface area contributed by atoms with Gasteiger partial charge in [0, 0.05) is 31.8 Å². The summed E-state index contributed by atoms with van der Waals surface area (Å²) >= 11 is 3.11. The van der Waals surface area contributed by atoms with Crippen molar-refractivity contribution < 1.29 is 14.6 Å². The Morgan fingerprint density at radius 2 is 1.68 bits per heavy atom. The first kappa shape index (κ1) is 25.6. The molecular formula is C19H23BrN6O5. The molecule has 0 atom stereocenters. The molecule has 0 aliphatic carbocycles. The van der Waals surface area contributed by atoms with Gasteiger partial charge in [-0.3, -0.25) is 25.0 Å². The molecule has 0 heterocycles. The zero-order valence-electron chi connectivity index (χ0n) is 17.5. The van der Waals surface area contributed by atoms with Gasteiger partial charge in [-0.25, -0.2) is 0 Å². The third-order valence-electron chi connectivity index (χ3n) is 4.00. The van der Waals surface area contributed by atoms with E-state index in [1.54, 1.807) is 6.07 Å². The number of carbonyl (C=O) groups is 1. The molecule has 1 amide bonds. The Morgan fingerprint density at radius 1 is 1.10 bits per heavy atom. The summed E-state index contributed by atoms with van der Waals surface area (Å²) in [6, 6.07) is 7.71. The molecule has 2 aromatic rings. The number of anilines is 1. The molecule has 2 rings (SSSR count). The van der Waals surface area contributed by atoms with Gasteiger partial charge in [0.2, 0.25) is 5.91 Å². The predicted octanol–water partition coefficient (Wildman–Crippen LogP) is 5.33. The van der Waals surface area contributed by atoms with Crippen LogP contribution < -0.4 is 10.6 Å². The number of nitrogens with zero attached hydrogens (tertiary/aromatic N) is 5. The van der Waals surface area contributed by atoms with Gasteiger partial charge in [-0.2, -0.15) is 0 Å². The van der Waals surface area contributed by atoms with Crippen molar-refractivity contribution in [3.63, 3.8) is 0 Å². The molecule has 11 nitrogen and oxygen atoms in total. The number of rotatable bonds is 7. The smallest absolute Gasteiger partial charge is 0.304 e. The second-order valence-corrected chi connectivity index (χ2v) is 7.12. The fourth-order valence-electron chi connectivity index (χ4n) is 2.56. The zero-order chi connectivity index (χ0) is 23.7. The Bertz CT molecular complexity index is 1000. The summed E-state index contributed by atoms with van der Waals surface area (Å²) < 4.78 is 0.129. The maximum atomic E-state index is 11.3. The minimum atomic E-state index is -0.720. The van der Waals surface area contributed by atoms with Crippen molar-refractivity contribution in [1.82, 2.24) is 0 Å². The molecule has 166 valence electrons. The number of azo groups is 1. The van der Waals surface area contributed by atoms with Crippen LogP contribution in [-0.2, 0) is 4.79 Å². The van der Waals surface area contributed by atoms with Gasteiger partial charge in [-0.05, 0) is 60.5 Å². The van der Waals surface area contributed by atoms with E-state index in [1.807, 2.05) is 19.1 Å². The van der Waals surface area contributed by atoms with Crippen LogP contribution in [0, 0.1) is 27.2 Å². The first-order valence-corrected chi connectivity index (χ1v) is 9.96. The van der Waals surface area contributed by atoms with Gasteiger partial charge in [0.1, 0.15) is 0 Å². The molecular weight excluding hydrogens is 472 g/mol. The molecule has 0 saturated heterocycles. The van der Waals surface area contributed by atoms with E-state index in [4.69, 9.17) is 0 Å². The van der Waals surface area contributed by atoms with Crippen LogP contribution in [0.4, 0.5) is 28.4 Å². The van der Waals surface area contributed by atoms with Gasteiger partial charge in [0.15, 0.2) is 5.69 Å². The number of amides is 1. The van der Waals surface area contributed by atoms with Gasteiger partial charge in [-0.15, -0.1) is 10.2 Å². The fraction of sp³-hybridized carbons (Fsp3) is 0.316. The molecule has 0 fully saturated rings. The zero-order valence-corrected chi connectivity index (χ0v) is 19.1. The lowest BCUT2D eigenvalue weighted by Gasteiger charge is -2.21. The van der Waals surface area contributed by atoms with E-state index in [0.717, 1.165) is 36.5 Å². The second-order valence-electron chi connectivity index (χ2n) is 6.26. The molecule has 31 heavy (non-hydrogen) atoms.